The zero-order valence-corrected chi connectivity index (χ0v) is 11.4. The molecular weight excluding hydrogens is 268 g/mol. The molecule has 0 aliphatic carbocycles. The highest BCUT2D eigenvalue weighted by Crippen LogP contribution is 2.25. The van der Waals surface area contributed by atoms with Crippen molar-refractivity contribution in [3.63, 3.8) is 0 Å². The smallest absolute Gasteiger partial charge is 0.320 e. The first-order valence-corrected chi connectivity index (χ1v) is 7.08. The number of hydrogen-bond donors (Lipinski definition) is 2. The number of aromatic amines is 1. The van der Waals surface area contributed by atoms with Gasteiger partial charge in [0.2, 0.25) is 0 Å². The van der Waals surface area contributed by atoms with Crippen LogP contribution in [0.3, 0.4) is 0 Å². The lowest BCUT2D eigenvalue weighted by atomic mass is 10.3. The van der Waals surface area contributed by atoms with Crippen molar-refractivity contribution in [2.75, 3.05) is 6.54 Å². The summed E-state index contributed by atoms with van der Waals surface area (Å²) in [6.07, 6.45) is 0. The number of thiophene rings is 1. The molecule has 2 heterocycles. The zero-order chi connectivity index (χ0) is 13.0. The quantitative estimate of drug-likeness (QED) is 0.643. The molecule has 0 aliphatic heterocycles. The molecule has 5 nitrogen and oxygen atoms in total. The average Bonchev–Trinajstić information content (AvgIpc) is 2.94. The largest absolute Gasteiger partial charge is 0.343 e. The van der Waals surface area contributed by atoms with Crippen molar-refractivity contribution in [2.24, 2.45) is 12.8 Å². The molecule has 0 radical (unpaired) electrons. The first-order valence-electron chi connectivity index (χ1n) is 5.22. The number of nitrogens with one attached hydrogen (secondary N) is 1. The Morgan fingerprint density at radius 3 is 3.17 bits per heavy atom. The normalized spacial score (nSPS) is 10.1. The Labute approximate surface area is 112 Å². The molecule has 2 rings (SSSR count). The van der Waals surface area contributed by atoms with Crippen molar-refractivity contribution >= 4 is 23.1 Å². The lowest BCUT2D eigenvalue weighted by Crippen LogP contribution is -2.12. The number of rotatable bonds is 3. The van der Waals surface area contributed by atoms with E-state index in [9.17, 15) is 4.79 Å². The lowest BCUT2D eigenvalue weighted by molar-refractivity contribution is 0.766. The summed E-state index contributed by atoms with van der Waals surface area (Å²) >= 11 is 3.15. The van der Waals surface area contributed by atoms with E-state index >= 15 is 0 Å². The number of aromatic nitrogens is 3. The fourth-order valence-corrected chi connectivity index (χ4v) is 3.17. The maximum atomic E-state index is 11.2. The van der Waals surface area contributed by atoms with Crippen LogP contribution in [-0.4, -0.2) is 21.3 Å². The van der Waals surface area contributed by atoms with Crippen molar-refractivity contribution in [3.8, 4) is 11.8 Å². The van der Waals surface area contributed by atoms with Gasteiger partial charge < -0.3 is 5.73 Å². The van der Waals surface area contributed by atoms with Crippen LogP contribution in [0, 0.1) is 11.8 Å². The first kappa shape index (κ1) is 13.0. The maximum absolute atomic E-state index is 11.2. The van der Waals surface area contributed by atoms with E-state index in [1.807, 2.05) is 11.4 Å². The topological polar surface area (TPSA) is 76.7 Å². The molecule has 7 heteroatoms. The van der Waals surface area contributed by atoms with Crippen molar-refractivity contribution in [1.82, 2.24) is 14.8 Å². The molecule has 0 saturated heterocycles. The third kappa shape index (κ3) is 2.85. The predicted molar refractivity (Wildman–Crippen MR) is 73.6 cm³/mol. The van der Waals surface area contributed by atoms with E-state index < -0.39 is 0 Å². The van der Waals surface area contributed by atoms with Crippen LogP contribution in [0.2, 0.25) is 0 Å². The van der Waals surface area contributed by atoms with Gasteiger partial charge in [-0.25, -0.2) is 9.89 Å². The minimum Gasteiger partial charge on any atom is -0.320 e. The molecule has 0 spiro atoms. The van der Waals surface area contributed by atoms with Crippen LogP contribution in [-0.2, 0) is 12.8 Å². The van der Waals surface area contributed by atoms with Crippen LogP contribution in [0.4, 0.5) is 0 Å². The third-order valence-corrected chi connectivity index (χ3v) is 4.40. The maximum Gasteiger partial charge on any atom is 0.343 e. The van der Waals surface area contributed by atoms with Gasteiger partial charge >= 0.3 is 5.69 Å². The number of thioether (sulfide) groups is 1. The summed E-state index contributed by atoms with van der Waals surface area (Å²) in [4.78, 5) is 12.4. The van der Waals surface area contributed by atoms with Crippen LogP contribution in [0.1, 0.15) is 10.4 Å². The lowest BCUT2D eigenvalue weighted by Gasteiger charge is -1.98. The Balaban J connectivity index is 2.09. The number of H-pyrrole nitrogens is 1. The van der Waals surface area contributed by atoms with Gasteiger partial charge in [-0.2, -0.15) is 0 Å². The van der Waals surface area contributed by atoms with E-state index in [-0.39, 0.29) is 5.69 Å². The van der Waals surface area contributed by atoms with Crippen LogP contribution >= 0.6 is 23.1 Å². The van der Waals surface area contributed by atoms with Gasteiger partial charge in [0.1, 0.15) is 0 Å². The molecular formula is C11H12N4OS2. The minimum absolute atomic E-state index is 0.202. The second kappa shape index (κ2) is 5.91. The summed E-state index contributed by atoms with van der Waals surface area (Å²) in [6.45, 7) is 0.357. The summed E-state index contributed by atoms with van der Waals surface area (Å²) in [5.74, 6) is 6.62. The summed E-state index contributed by atoms with van der Waals surface area (Å²) in [5.41, 5.74) is 6.15. The van der Waals surface area contributed by atoms with Gasteiger partial charge in [0.15, 0.2) is 5.16 Å². The molecule has 2 aromatic rings. The van der Waals surface area contributed by atoms with Crippen LogP contribution in [0.15, 0.2) is 21.4 Å². The van der Waals surface area contributed by atoms with E-state index in [4.69, 9.17) is 5.73 Å². The Morgan fingerprint density at radius 1 is 1.67 bits per heavy atom. The molecule has 0 saturated carbocycles. The fourth-order valence-electron chi connectivity index (χ4n) is 1.30. The van der Waals surface area contributed by atoms with Gasteiger partial charge in [-0.1, -0.05) is 23.6 Å². The summed E-state index contributed by atoms with van der Waals surface area (Å²) in [6, 6.07) is 1.98. The second-order valence-corrected chi connectivity index (χ2v) is 5.37. The van der Waals surface area contributed by atoms with Gasteiger partial charge in [-0.05, 0) is 11.4 Å². The number of nitrogens with zero attached hydrogens (tertiary/aromatic N) is 2. The van der Waals surface area contributed by atoms with Gasteiger partial charge in [-0.15, -0.1) is 16.4 Å². The third-order valence-electron chi connectivity index (χ3n) is 2.24. The van der Waals surface area contributed by atoms with Gasteiger partial charge in [0, 0.05) is 23.2 Å². The highest BCUT2D eigenvalue weighted by atomic mass is 32.2. The predicted octanol–water partition coefficient (Wildman–Crippen LogP) is 0.772. The Morgan fingerprint density at radius 2 is 2.50 bits per heavy atom. The molecule has 0 bridgehead atoms. The van der Waals surface area contributed by atoms with Crippen LogP contribution in [0.25, 0.3) is 0 Å². The van der Waals surface area contributed by atoms with Crippen LogP contribution < -0.4 is 11.4 Å². The minimum atomic E-state index is -0.202. The highest BCUT2D eigenvalue weighted by Gasteiger charge is 2.07. The molecule has 0 unspecified atom stereocenters. The van der Waals surface area contributed by atoms with E-state index in [1.54, 1.807) is 18.4 Å². The van der Waals surface area contributed by atoms with Crippen molar-refractivity contribution in [3.05, 3.63) is 32.4 Å². The van der Waals surface area contributed by atoms with Crippen LogP contribution in [0.5, 0.6) is 0 Å². The Kier molecular flexibility index (Phi) is 4.25. The SMILES string of the molecule is Cn1c(SCc2sccc2C#CCN)n[nH]c1=O. The standard InChI is InChI=1S/C11H12N4OS2/c1-15-10(16)13-14-11(15)18-7-9-8(3-2-5-12)4-6-17-9/h4,6H,5,7,12H2,1H3,(H,13,16). The van der Waals surface area contributed by atoms with Gasteiger partial charge in [0.05, 0.1) is 6.54 Å². The second-order valence-electron chi connectivity index (χ2n) is 3.42. The Bertz CT molecular complexity index is 644. The van der Waals surface area contributed by atoms with E-state index in [0.717, 1.165) is 16.2 Å². The zero-order valence-electron chi connectivity index (χ0n) is 9.77. The monoisotopic (exact) mass is 280 g/mol. The average molecular weight is 280 g/mol. The molecule has 3 N–H and O–H groups in total. The molecule has 18 heavy (non-hydrogen) atoms. The molecule has 94 valence electrons. The number of hydrogen-bond acceptors (Lipinski definition) is 5. The summed E-state index contributed by atoms with van der Waals surface area (Å²) in [5, 5.41) is 9.03. The molecule has 0 atom stereocenters. The molecule has 0 fully saturated rings. The van der Waals surface area contributed by atoms with Gasteiger partial charge in [0.25, 0.3) is 0 Å². The Hall–Kier alpha value is -1.49. The van der Waals surface area contributed by atoms with E-state index in [0.29, 0.717) is 11.7 Å². The van der Waals surface area contributed by atoms with E-state index in [2.05, 4.69) is 22.0 Å². The molecule has 0 aromatic carbocycles. The number of nitrogens with two attached hydrogens (primary N) is 1. The molecule has 0 aliphatic rings. The highest BCUT2D eigenvalue weighted by molar-refractivity contribution is 7.98. The van der Waals surface area contributed by atoms with E-state index in [1.165, 1.54) is 16.3 Å². The van der Waals surface area contributed by atoms with Gasteiger partial charge in [-0.3, -0.25) is 4.57 Å². The van der Waals surface area contributed by atoms with Crippen molar-refractivity contribution in [1.29, 1.82) is 0 Å². The molecule has 0 amide bonds. The fraction of sp³-hybridized carbons (Fsp3) is 0.273. The summed E-state index contributed by atoms with van der Waals surface area (Å²) in [7, 11) is 1.69. The van der Waals surface area contributed by atoms with Crippen molar-refractivity contribution in [2.45, 2.75) is 10.9 Å². The van der Waals surface area contributed by atoms with Crippen molar-refractivity contribution < 1.29 is 0 Å². The molecule has 2 aromatic heterocycles. The summed E-state index contributed by atoms with van der Waals surface area (Å²) < 4.78 is 1.49. The first-order chi connectivity index (χ1) is 8.72.